The zero-order chi connectivity index (χ0) is 13.5. The van der Waals surface area contributed by atoms with Crippen LogP contribution >= 0.6 is 11.8 Å². The van der Waals surface area contributed by atoms with Crippen LogP contribution in [-0.2, 0) is 6.54 Å². The standard InChI is InChI=1S/C13H18N4OS/c1-2-17-12(11-6-5-7-14-10-11)15-16-13(17)19-9-4-3-8-18/h5-7,10,18H,2-4,8-9H2,1H3. The minimum atomic E-state index is 0.252. The van der Waals surface area contributed by atoms with Crippen LogP contribution in [0, 0.1) is 0 Å². The van der Waals surface area contributed by atoms with Gasteiger partial charge >= 0.3 is 0 Å². The Balaban J connectivity index is 2.12. The number of hydrogen-bond donors (Lipinski definition) is 1. The van der Waals surface area contributed by atoms with Gasteiger partial charge < -0.3 is 9.67 Å². The summed E-state index contributed by atoms with van der Waals surface area (Å²) in [5.41, 5.74) is 0.985. The van der Waals surface area contributed by atoms with Gasteiger partial charge in [0.05, 0.1) is 0 Å². The fourth-order valence-electron chi connectivity index (χ4n) is 1.77. The molecule has 0 spiro atoms. The van der Waals surface area contributed by atoms with Crippen molar-refractivity contribution in [2.45, 2.75) is 31.5 Å². The van der Waals surface area contributed by atoms with Crippen LogP contribution in [0.15, 0.2) is 29.7 Å². The summed E-state index contributed by atoms with van der Waals surface area (Å²) >= 11 is 1.68. The molecule has 0 aliphatic carbocycles. The summed E-state index contributed by atoms with van der Waals surface area (Å²) in [6.07, 6.45) is 5.37. The Bertz CT molecular complexity index is 501. The lowest BCUT2D eigenvalue weighted by atomic mass is 10.3. The van der Waals surface area contributed by atoms with Crippen molar-refractivity contribution in [3.63, 3.8) is 0 Å². The van der Waals surface area contributed by atoms with Gasteiger partial charge in [-0.15, -0.1) is 10.2 Å². The highest BCUT2D eigenvalue weighted by atomic mass is 32.2. The van der Waals surface area contributed by atoms with Crippen molar-refractivity contribution in [2.24, 2.45) is 0 Å². The van der Waals surface area contributed by atoms with Crippen LogP contribution < -0.4 is 0 Å². The SMILES string of the molecule is CCn1c(SCCCCO)nnc1-c1cccnc1. The number of aromatic nitrogens is 4. The largest absolute Gasteiger partial charge is 0.396 e. The van der Waals surface area contributed by atoms with Gasteiger partial charge in [-0.05, 0) is 31.9 Å². The first-order valence-corrected chi connectivity index (χ1v) is 7.42. The quantitative estimate of drug-likeness (QED) is 0.621. The molecule has 2 aromatic heterocycles. The second-order valence-corrected chi connectivity index (χ2v) is 5.13. The second-order valence-electron chi connectivity index (χ2n) is 4.07. The molecule has 0 saturated heterocycles. The van der Waals surface area contributed by atoms with Crippen molar-refractivity contribution in [3.05, 3.63) is 24.5 Å². The molecule has 0 amide bonds. The third-order valence-electron chi connectivity index (χ3n) is 2.74. The van der Waals surface area contributed by atoms with Gasteiger partial charge in [-0.2, -0.15) is 0 Å². The molecule has 2 aromatic rings. The Labute approximate surface area is 117 Å². The number of aliphatic hydroxyl groups is 1. The van der Waals surface area contributed by atoms with E-state index in [1.165, 1.54) is 0 Å². The molecule has 0 bridgehead atoms. The maximum atomic E-state index is 8.77. The molecule has 5 nitrogen and oxygen atoms in total. The number of nitrogens with zero attached hydrogens (tertiary/aromatic N) is 4. The normalized spacial score (nSPS) is 10.8. The zero-order valence-corrected chi connectivity index (χ0v) is 11.8. The summed E-state index contributed by atoms with van der Waals surface area (Å²) in [4.78, 5) is 4.12. The molecule has 0 atom stereocenters. The number of thioether (sulfide) groups is 1. The first-order chi connectivity index (χ1) is 9.36. The first kappa shape index (κ1) is 14.0. The number of hydrogen-bond acceptors (Lipinski definition) is 5. The molecule has 2 heterocycles. The Kier molecular flexibility index (Phi) is 5.35. The van der Waals surface area contributed by atoms with E-state index < -0.39 is 0 Å². The third-order valence-corrected chi connectivity index (χ3v) is 3.79. The summed E-state index contributed by atoms with van der Waals surface area (Å²) in [5.74, 6) is 1.81. The van der Waals surface area contributed by atoms with Gasteiger partial charge in [0, 0.05) is 36.9 Å². The Hall–Kier alpha value is -1.40. The van der Waals surface area contributed by atoms with Gasteiger partial charge in [-0.1, -0.05) is 11.8 Å². The molecule has 0 aliphatic heterocycles. The highest BCUT2D eigenvalue weighted by molar-refractivity contribution is 7.99. The fraction of sp³-hybridized carbons (Fsp3) is 0.462. The highest BCUT2D eigenvalue weighted by Crippen LogP contribution is 2.23. The number of pyridine rings is 1. The molecule has 0 unspecified atom stereocenters. The van der Waals surface area contributed by atoms with Crippen LogP contribution in [-0.4, -0.2) is 37.2 Å². The molecule has 0 fully saturated rings. The van der Waals surface area contributed by atoms with Gasteiger partial charge in [0.1, 0.15) is 0 Å². The van der Waals surface area contributed by atoms with Crippen molar-refractivity contribution in [1.82, 2.24) is 19.7 Å². The van der Waals surface area contributed by atoms with E-state index >= 15 is 0 Å². The first-order valence-electron chi connectivity index (χ1n) is 6.44. The number of unbranched alkanes of at least 4 members (excludes halogenated alkanes) is 1. The smallest absolute Gasteiger partial charge is 0.191 e. The van der Waals surface area contributed by atoms with Gasteiger partial charge in [-0.25, -0.2) is 0 Å². The Morgan fingerprint density at radius 2 is 2.21 bits per heavy atom. The Morgan fingerprint density at radius 3 is 2.89 bits per heavy atom. The van der Waals surface area contributed by atoms with Crippen molar-refractivity contribution in [3.8, 4) is 11.4 Å². The van der Waals surface area contributed by atoms with Crippen molar-refractivity contribution >= 4 is 11.8 Å². The maximum Gasteiger partial charge on any atom is 0.191 e. The van der Waals surface area contributed by atoms with E-state index in [9.17, 15) is 0 Å². The highest BCUT2D eigenvalue weighted by Gasteiger charge is 2.12. The zero-order valence-electron chi connectivity index (χ0n) is 11.0. The molecule has 0 aromatic carbocycles. The average molecular weight is 278 g/mol. The number of rotatable bonds is 7. The van der Waals surface area contributed by atoms with Crippen LogP contribution in [0.1, 0.15) is 19.8 Å². The van der Waals surface area contributed by atoms with Gasteiger partial charge in [0.15, 0.2) is 11.0 Å². The monoisotopic (exact) mass is 278 g/mol. The van der Waals surface area contributed by atoms with E-state index in [2.05, 4.69) is 26.7 Å². The van der Waals surface area contributed by atoms with Crippen molar-refractivity contribution in [2.75, 3.05) is 12.4 Å². The third kappa shape index (κ3) is 3.54. The molecule has 0 aliphatic rings. The molecule has 0 radical (unpaired) electrons. The maximum absolute atomic E-state index is 8.77. The van der Waals surface area contributed by atoms with E-state index in [4.69, 9.17) is 5.11 Å². The lowest BCUT2D eigenvalue weighted by Crippen LogP contribution is -2.00. The van der Waals surface area contributed by atoms with Gasteiger partial charge in [0.2, 0.25) is 0 Å². The molecule has 19 heavy (non-hydrogen) atoms. The van der Waals surface area contributed by atoms with Crippen LogP contribution in [0.2, 0.25) is 0 Å². The minimum absolute atomic E-state index is 0.252. The number of aliphatic hydroxyl groups excluding tert-OH is 1. The van der Waals surface area contributed by atoms with E-state index in [0.717, 1.165) is 41.7 Å². The van der Waals surface area contributed by atoms with E-state index in [1.807, 2.05) is 12.1 Å². The van der Waals surface area contributed by atoms with Crippen LogP contribution in [0.25, 0.3) is 11.4 Å². The van der Waals surface area contributed by atoms with Gasteiger partial charge in [-0.3, -0.25) is 4.98 Å². The lowest BCUT2D eigenvalue weighted by molar-refractivity contribution is 0.287. The molecule has 102 valence electrons. The molecule has 0 saturated carbocycles. The fourth-order valence-corrected chi connectivity index (χ4v) is 2.77. The van der Waals surface area contributed by atoms with Crippen LogP contribution in [0.3, 0.4) is 0 Å². The molecular weight excluding hydrogens is 260 g/mol. The molecule has 6 heteroatoms. The second kappa shape index (κ2) is 7.25. The summed E-state index contributed by atoms with van der Waals surface area (Å²) < 4.78 is 2.10. The summed E-state index contributed by atoms with van der Waals surface area (Å²) in [7, 11) is 0. The van der Waals surface area contributed by atoms with Crippen molar-refractivity contribution < 1.29 is 5.11 Å². The lowest BCUT2D eigenvalue weighted by Gasteiger charge is -2.06. The Morgan fingerprint density at radius 1 is 1.32 bits per heavy atom. The minimum Gasteiger partial charge on any atom is -0.396 e. The van der Waals surface area contributed by atoms with E-state index in [0.29, 0.717) is 0 Å². The molecular formula is C13H18N4OS. The topological polar surface area (TPSA) is 63.8 Å². The molecule has 1 N–H and O–H groups in total. The molecule has 2 rings (SSSR count). The average Bonchev–Trinajstić information content (AvgIpc) is 2.87. The summed E-state index contributed by atoms with van der Waals surface area (Å²) in [6, 6.07) is 3.89. The van der Waals surface area contributed by atoms with Gasteiger partial charge in [0.25, 0.3) is 0 Å². The van der Waals surface area contributed by atoms with E-state index in [1.54, 1.807) is 24.2 Å². The summed E-state index contributed by atoms with van der Waals surface area (Å²) in [6.45, 7) is 3.17. The van der Waals surface area contributed by atoms with Crippen LogP contribution in [0.5, 0.6) is 0 Å². The predicted molar refractivity (Wildman–Crippen MR) is 76.0 cm³/mol. The van der Waals surface area contributed by atoms with Crippen LogP contribution in [0.4, 0.5) is 0 Å². The van der Waals surface area contributed by atoms with E-state index in [-0.39, 0.29) is 6.61 Å². The van der Waals surface area contributed by atoms with Crippen molar-refractivity contribution in [1.29, 1.82) is 0 Å². The predicted octanol–water partition coefficient (Wildman–Crippen LogP) is 2.22. The summed E-state index contributed by atoms with van der Waals surface area (Å²) in [5, 5.41) is 18.2.